The summed E-state index contributed by atoms with van der Waals surface area (Å²) in [7, 11) is 0. The highest BCUT2D eigenvalue weighted by Crippen LogP contribution is 2.27. The van der Waals surface area contributed by atoms with Gasteiger partial charge in [-0.2, -0.15) is 0 Å². The van der Waals surface area contributed by atoms with Gasteiger partial charge in [-0.1, -0.05) is 36.8 Å². The fourth-order valence-corrected chi connectivity index (χ4v) is 5.02. The Morgan fingerprint density at radius 2 is 1.91 bits per heavy atom. The molecule has 0 bridgehead atoms. The summed E-state index contributed by atoms with van der Waals surface area (Å²) in [6, 6.07) is 9.77. The molecule has 32 heavy (non-hydrogen) atoms. The van der Waals surface area contributed by atoms with Crippen LogP contribution in [-0.4, -0.2) is 34.2 Å². The van der Waals surface area contributed by atoms with Crippen molar-refractivity contribution in [3.8, 4) is 0 Å². The fourth-order valence-electron chi connectivity index (χ4n) is 3.98. The number of carbonyl (C=O) groups is 2. The molecule has 1 saturated carbocycles. The molecule has 3 aromatic rings. The lowest BCUT2D eigenvalue weighted by Crippen LogP contribution is -2.29. The summed E-state index contributed by atoms with van der Waals surface area (Å²) in [4.78, 5) is 43.0. The molecule has 0 radical (unpaired) electrons. The minimum absolute atomic E-state index is 0.0659. The van der Waals surface area contributed by atoms with Gasteiger partial charge in [0.15, 0.2) is 0 Å². The Morgan fingerprint density at radius 1 is 1.16 bits per heavy atom. The van der Waals surface area contributed by atoms with Gasteiger partial charge in [0.05, 0.1) is 18.3 Å². The summed E-state index contributed by atoms with van der Waals surface area (Å²) >= 11 is 1.13. The molecule has 168 valence electrons. The van der Waals surface area contributed by atoms with Crippen LogP contribution in [-0.2, 0) is 27.2 Å². The molecule has 1 fully saturated rings. The van der Waals surface area contributed by atoms with Crippen LogP contribution in [0.5, 0.6) is 0 Å². The van der Waals surface area contributed by atoms with Crippen LogP contribution < -0.4 is 5.56 Å². The van der Waals surface area contributed by atoms with Gasteiger partial charge < -0.3 is 9.47 Å². The second kappa shape index (κ2) is 10.1. The van der Waals surface area contributed by atoms with Gasteiger partial charge in [0.1, 0.15) is 22.4 Å². The quantitative estimate of drug-likeness (QED) is 0.501. The van der Waals surface area contributed by atoms with Crippen LogP contribution >= 0.6 is 11.3 Å². The number of thiophene rings is 1. The Bertz CT molecular complexity index is 1160. The maximum Gasteiger partial charge on any atom is 0.348 e. The van der Waals surface area contributed by atoms with Crippen molar-refractivity contribution >= 4 is 33.5 Å². The zero-order valence-corrected chi connectivity index (χ0v) is 18.9. The first kappa shape index (κ1) is 22.2. The van der Waals surface area contributed by atoms with Gasteiger partial charge >= 0.3 is 11.9 Å². The third-order valence-electron chi connectivity index (χ3n) is 5.72. The van der Waals surface area contributed by atoms with E-state index in [4.69, 9.17) is 9.47 Å². The van der Waals surface area contributed by atoms with Gasteiger partial charge in [-0.25, -0.2) is 9.78 Å². The van der Waals surface area contributed by atoms with Crippen molar-refractivity contribution in [3.63, 3.8) is 0 Å². The molecule has 7 nitrogen and oxygen atoms in total. The van der Waals surface area contributed by atoms with Crippen molar-refractivity contribution in [1.29, 1.82) is 0 Å². The van der Waals surface area contributed by atoms with Gasteiger partial charge in [0.25, 0.3) is 5.56 Å². The van der Waals surface area contributed by atoms with Crippen LogP contribution in [0, 0.1) is 6.92 Å². The van der Waals surface area contributed by atoms with E-state index in [1.54, 1.807) is 6.92 Å². The molecular formula is C24H26N2O5S. The van der Waals surface area contributed by atoms with Crippen LogP contribution in [0.4, 0.5) is 0 Å². The van der Waals surface area contributed by atoms with E-state index >= 15 is 0 Å². The van der Waals surface area contributed by atoms with Crippen LogP contribution in [0.25, 0.3) is 10.2 Å². The first-order chi connectivity index (χ1) is 15.5. The molecule has 2 aromatic heterocycles. The number of fused-ring (bicyclic) bond motifs is 1. The molecule has 0 saturated heterocycles. The summed E-state index contributed by atoms with van der Waals surface area (Å²) in [5.41, 5.74) is 1.26. The van der Waals surface area contributed by atoms with Crippen molar-refractivity contribution < 1.29 is 19.1 Å². The highest BCUT2D eigenvalue weighted by Gasteiger charge is 2.22. The Morgan fingerprint density at radius 3 is 2.66 bits per heavy atom. The third-order valence-corrected chi connectivity index (χ3v) is 6.90. The normalized spacial score (nSPS) is 14.4. The molecule has 1 aromatic carbocycles. The number of rotatable bonds is 7. The Labute approximate surface area is 190 Å². The summed E-state index contributed by atoms with van der Waals surface area (Å²) in [5.74, 6) is -0.905. The number of carbonyl (C=O) groups excluding carboxylic acids is 2. The van der Waals surface area contributed by atoms with E-state index in [2.05, 4.69) is 4.98 Å². The number of hydrogen-bond donors (Lipinski definition) is 0. The molecule has 2 heterocycles. The molecule has 1 aliphatic rings. The van der Waals surface area contributed by atoms with E-state index in [1.165, 1.54) is 17.3 Å². The monoisotopic (exact) mass is 454 g/mol. The molecule has 0 N–H and O–H groups in total. The van der Waals surface area contributed by atoms with Crippen LogP contribution in [0.2, 0.25) is 0 Å². The predicted octanol–water partition coefficient (Wildman–Crippen LogP) is 4.04. The van der Waals surface area contributed by atoms with Gasteiger partial charge in [0, 0.05) is 6.42 Å². The molecule has 0 unspecified atom stereocenters. The van der Waals surface area contributed by atoms with Crippen molar-refractivity contribution in [3.05, 3.63) is 63.0 Å². The lowest BCUT2D eigenvalue weighted by molar-refractivity contribution is -0.151. The lowest BCUT2D eigenvalue weighted by atomic mass is 9.98. The number of aromatic nitrogens is 2. The van der Waals surface area contributed by atoms with Crippen molar-refractivity contribution in [2.45, 2.75) is 58.1 Å². The van der Waals surface area contributed by atoms with Crippen molar-refractivity contribution in [2.24, 2.45) is 0 Å². The number of esters is 2. The molecule has 0 spiro atoms. The minimum Gasteiger partial charge on any atom is -0.461 e. The first-order valence-corrected chi connectivity index (χ1v) is 11.7. The largest absolute Gasteiger partial charge is 0.461 e. The zero-order valence-electron chi connectivity index (χ0n) is 18.0. The van der Waals surface area contributed by atoms with Gasteiger partial charge in [0.2, 0.25) is 0 Å². The Kier molecular flexibility index (Phi) is 6.99. The summed E-state index contributed by atoms with van der Waals surface area (Å²) < 4.78 is 12.2. The number of aryl methyl sites for hydroxylation is 1. The highest BCUT2D eigenvalue weighted by molar-refractivity contribution is 7.20. The van der Waals surface area contributed by atoms with E-state index in [0.29, 0.717) is 27.1 Å². The smallest absolute Gasteiger partial charge is 0.348 e. The van der Waals surface area contributed by atoms with Gasteiger partial charge in [-0.3, -0.25) is 14.2 Å². The second-order valence-corrected chi connectivity index (χ2v) is 9.03. The SMILES string of the molecule is Cc1c(C(=O)OCCc2ccccc2)sc2ncn(CC(=O)OC3CCCCC3)c(=O)c12. The first-order valence-electron chi connectivity index (χ1n) is 10.9. The molecule has 0 aliphatic heterocycles. The summed E-state index contributed by atoms with van der Waals surface area (Å²) in [5, 5.41) is 0.345. The average molecular weight is 455 g/mol. The maximum absolute atomic E-state index is 13.0. The van der Waals surface area contributed by atoms with E-state index < -0.39 is 11.9 Å². The van der Waals surface area contributed by atoms with Crippen molar-refractivity contribution in [2.75, 3.05) is 6.61 Å². The molecule has 0 amide bonds. The standard InChI is InChI=1S/C24H26N2O5S/c1-16-20-22(32-21(16)24(29)30-13-12-17-8-4-2-5-9-17)25-15-26(23(20)28)14-19(27)31-18-10-6-3-7-11-18/h2,4-5,8-9,15,18H,3,6-7,10-14H2,1H3. The Hall–Kier alpha value is -3.00. The topological polar surface area (TPSA) is 87.5 Å². The highest BCUT2D eigenvalue weighted by atomic mass is 32.1. The van der Waals surface area contributed by atoms with E-state index in [-0.39, 0.29) is 24.8 Å². The Balaban J connectivity index is 1.44. The molecule has 8 heteroatoms. The van der Waals surface area contributed by atoms with Gasteiger partial charge in [-0.05, 0) is 43.7 Å². The fraction of sp³-hybridized carbons (Fsp3) is 0.417. The van der Waals surface area contributed by atoms with E-state index in [1.807, 2.05) is 30.3 Å². The van der Waals surface area contributed by atoms with Crippen LogP contribution in [0.15, 0.2) is 41.5 Å². The zero-order chi connectivity index (χ0) is 22.5. The average Bonchev–Trinajstić information content (AvgIpc) is 3.14. The van der Waals surface area contributed by atoms with Crippen LogP contribution in [0.3, 0.4) is 0 Å². The van der Waals surface area contributed by atoms with E-state index in [9.17, 15) is 14.4 Å². The minimum atomic E-state index is -0.468. The number of hydrogen-bond acceptors (Lipinski definition) is 7. The predicted molar refractivity (Wildman–Crippen MR) is 122 cm³/mol. The molecule has 1 aliphatic carbocycles. The van der Waals surface area contributed by atoms with E-state index in [0.717, 1.165) is 42.6 Å². The third kappa shape index (κ3) is 5.07. The molecular weight excluding hydrogens is 428 g/mol. The number of benzene rings is 1. The summed E-state index contributed by atoms with van der Waals surface area (Å²) in [6.45, 7) is 1.77. The van der Waals surface area contributed by atoms with Crippen molar-refractivity contribution in [1.82, 2.24) is 9.55 Å². The van der Waals surface area contributed by atoms with Crippen LogP contribution in [0.1, 0.15) is 52.9 Å². The maximum atomic E-state index is 13.0. The number of ether oxygens (including phenoxy) is 2. The summed E-state index contributed by atoms with van der Waals surface area (Å²) in [6.07, 6.45) is 6.92. The molecule has 4 rings (SSSR count). The molecule has 0 atom stereocenters. The number of nitrogens with zero attached hydrogens (tertiary/aromatic N) is 2. The second-order valence-electron chi connectivity index (χ2n) is 8.04. The van der Waals surface area contributed by atoms with Gasteiger partial charge in [-0.15, -0.1) is 11.3 Å². The lowest BCUT2D eigenvalue weighted by Gasteiger charge is -2.21.